The molecule has 3 rings (SSSR count). The number of carbonyl (C=O) groups is 1. The van der Waals surface area contributed by atoms with E-state index in [2.05, 4.69) is 17.0 Å². The van der Waals surface area contributed by atoms with Gasteiger partial charge in [0.25, 0.3) is 0 Å². The molecule has 1 fully saturated rings. The minimum atomic E-state index is -0.959. The van der Waals surface area contributed by atoms with Crippen molar-refractivity contribution >= 4 is 16.9 Å². The fourth-order valence-electron chi connectivity index (χ4n) is 3.24. The molecule has 1 aliphatic rings. The summed E-state index contributed by atoms with van der Waals surface area (Å²) in [5, 5.41) is 14.3. The standard InChI is InChI=1S/C16H21N3O2/c1-18-10-5-4-6-12(18)9-11-19-14-8-3-2-7-13(14)15(17-19)16(20)21/h2-3,7-8,12H,4-6,9-11H2,1H3,(H,20,21). The topological polar surface area (TPSA) is 58.4 Å². The monoisotopic (exact) mass is 287 g/mol. The molecule has 0 aliphatic carbocycles. The van der Waals surface area contributed by atoms with Crippen LogP contribution in [0.4, 0.5) is 0 Å². The average Bonchev–Trinajstić information content (AvgIpc) is 2.86. The predicted octanol–water partition coefficient (Wildman–Crippen LogP) is 2.61. The number of nitrogens with zero attached hydrogens (tertiary/aromatic N) is 3. The van der Waals surface area contributed by atoms with Gasteiger partial charge in [0.2, 0.25) is 0 Å². The van der Waals surface area contributed by atoms with E-state index >= 15 is 0 Å². The van der Waals surface area contributed by atoms with Crippen LogP contribution >= 0.6 is 0 Å². The second kappa shape index (κ2) is 5.85. The van der Waals surface area contributed by atoms with E-state index in [0.717, 1.165) is 30.4 Å². The van der Waals surface area contributed by atoms with Gasteiger partial charge in [0.15, 0.2) is 5.69 Å². The van der Waals surface area contributed by atoms with E-state index in [1.165, 1.54) is 19.3 Å². The van der Waals surface area contributed by atoms with Crippen molar-refractivity contribution in [2.45, 2.75) is 38.3 Å². The molecule has 1 aliphatic heterocycles. The molecule has 1 N–H and O–H groups in total. The van der Waals surface area contributed by atoms with Crippen LogP contribution in [0.25, 0.3) is 10.9 Å². The highest BCUT2D eigenvalue weighted by molar-refractivity contribution is 6.01. The summed E-state index contributed by atoms with van der Waals surface area (Å²) in [6.07, 6.45) is 4.80. The van der Waals surface area contributed by atoms with E-state index < -0.39 is 5.97 Å². The number of aryl methyl sites for hydroxylation is 1. The van der Waals surface area contributed by atoms with Gasteiger partial charge in [-0.25, -0.2) is 4.79 Å². The van der Waals surface area contributed by atoms with E-state index in [-0.39, 0.29) is 5.69 Å². The molecule has 2 aromatic rings. The van der Waals surface area contributed by atoms with Crippen molar-refractivity contribution in [3.05, 3.63) is 30.0 Å². The van der Waals surface area contributed by atoms with Gasteiger partial charge in [-0.1, -0.05) is 24.6 Å². The normalized spacial score (nSPS) is 20.0. The Morgan fingerprint density at radius 2 is 2.19 bits per heavy atom. The number of likely N-dealkylation sites (tertiary alicyclic amines) is 1. The van der Waals surface area contributed by atoms with E-state index in [0.29, 0.717) is 6.04 Å². The summed E-state index contributed by atoms with van der Waals surface area (Å²) in [5.74, 6) is -0.959. The van der Waals surface area contributed by atoms with Crippen LogP contribution in [-0.2, 0) is 6.54 Å². The number of fused-ring (bicyclic) bond motifs is 1. The molecule has 5 nitrogen and oxygen atoms in total. The quantitative estimate of drug-likeness (QED) is 0.939. The number of hydrogen-bond donors (Lipinski definition) is 1. The first-order valence-corrected chi connectivity index (χ1v) is 7.56. The van der Waals surface area contributed by atoms with Crippen LogP contribution in [0.3, 0.4) is 0 Å². The number of benzene rings is 1. The molecule has 0 bridgehead atoms. The number of piperidine rings is 1. The maximum Gasteiger partial charge on any atom is 0.357 e. The highest BCUT2D eigenvalue weighted by Gasteiger charge is 2.20. The number of para-hydroxylation sites is 1. The van der Waals surface area contributed by atoms with Gasteiger partial charge in [-0.3, -0.25) is 4.68 Å². The van der Waals surface area contributed by atoms with Crippen LogP contribution in [0.2, 0.25) is 0 Å². The molecule has 0 radical (unpaired) electrons. The molecule has 0 saturated carbocycles. The Bertz CT molecular complexity index is 650. The van der Waals surface area contributed by atoms with Crippen LogP contribution in [0.15, 0.2) is 24.3 Å². The number of aromatic carboxylic acids is 1. The van der Waals surface area contributed by atoms with Crippen molar-refractivity contribution in [3.63, 3.8) is 0 Å². The molecule has 1 aromatic carbocycles. The Labute approximate surface area is 124 Å². The second-order valence-corrected chi connectivity index (χ2v) is 5.81. The lowest BCUT2D eigenvalue weighted by Crippen LogP contribution is -2.36. The zero-order valence-electron chi connectivity index (χ0n) is 12.3. The Balaban J connectivity index is 1.82. The molecule has 21 heavy (non-hydrogen) atoms. The van der Waals surface area contributed by atoms with Gasteiger partial charge in [-0.05, 0) is 38.9 Å². The van der Waals surface area contributed by atoms with Crippen molar-refractivity contribution in [2.24, 2.45) is 0 Å². The van der Waals surface area contributed by atoms with Gasteiger partial charge < -0.3 is 10.0 Å². The Morgan fingerprint density at radius 1 is 1.38 bits per heavy atom. The highest BCUT2D eigenvalue weighted by Crippen LogP contribution is 2.22. The number of rotatable bonds is 4. The molecular formula is C16H21N3O2. The molecule has 0 amide bonds. The van der Waals surface area contributed by atoms with Crippen LogP contribution in [0, 0.1) is 0 Å². The summed E-state index contributed by atoms with van der Waals surface area (Å²) in [6.45, 7) is 1.92. The van der Waals surface area contributed by atoms with Crippen LogP contribution in [-0.4, -0.2) is 45.4 Å². The van der Waals surface area contributed by atoms with E-state index in [1.54, 1.807) is 0 Å². The van der Waals surface area contributed by atoms with Gasteiger partial charge in [0.1, 0.15) is 0 Å². The third-order valence-corrected chi connectivity index (χ3v) is 4.46. The molecule has 5 heteroatoms. The summed E-state index contributed by atoms with van der Waals surface area (Å²) >= 11 is 0. The lowest BCUT2D eigenvalue weighted by molar-refractivity contribution is 0.0691. The number of aromatic nitrogens is 2. The molecule has 112 valence electrons. The number of carboxylic acids is 1. The molecule has 2 heterocycles. The lowest BCUT2D eigenvalue weighted by atomic mass is 10.0. The molecule has 1 atom stereocenters. The Kier molecular flexibility index (Phi) is 3.92. The van der Waals surface area contributed by atoms with Crippen molar-refractivity contribution in [1.29, 1.82) is 0 Å². The summed E-state index contributed by atoms with van der Waals surface area (Å²) < 4.78 is 1.85. The summed E-state index contributed by atoms with van der Waals surface area (Å²) in [6, 6.07) is 8.14. The first kappa shape index (κ1) is 14.1. The number of carboxylic acid groups (broad SMARTS) is 1. The van der Waals surface area contributed by atoms with Crippen LogP contribution in [0.5, 0.6) is 0 Å². The zero-order chi connectivity index (χ0) is 14.8. The lowest BCUT2D eigenvalue weighted by Gasteiger charge is -2.32. The minimum Gasteiger partial charge on any atom is -0.476 e. The van der Waals surface area contributed by atoms with Crippen LogP contribution in [0.1, 0.15) is 36.2 Å². The van der Waals surface area contributed by atoms with E-state index in [4.69, 9.17) is 0 Å². The summed E-state index contributed by atoms with van der Waals surface area (Å²) in [4.78, 5) is 13.7. The third-order valence-electron chi connectivity index (χ3n) is 4.46. The molecule has 1 saturated heterocycles. The molecule has 1 unspecified atom stereocenters. The van der Waals surface area contributed by atoms with E-state index in [9.17, 15) is 9.90 Å². The molecular weight excluding hydrogens is 266 g/mol. The second-order valence-electron chi connectivity index (χ2n) is 5.81. The van der Waals surface area contributed by atoms with Crippen molar-refractivity contribution in [3.8, 4) is 0 Å². The summed E-state index contributed by atoms with van der Waals surface area (Å²) in [7, 11) is 2.17. The van der Waals surface area contributed by atoms with Crippen LogP contribution < -0.4 is 0 Å². The zero-order valence-corrected chi connectivity index (χ0v) is 12.3. The third kappa shape index (κ3) is 2.78. The van der Waals surface area contributed by atoms with Gasteiger partial charge in [-0.2, -0.15) is 5.10 Å². The first-order chi connectivity index (χ1) is 10.2. The maximum atomic E-state index is 11.3. The fraction of sp³-hybridized carbons (Fsp3) is 0.500. The Morgan fingerprint density at radius 3 is 2.95 bits per heavy atom. The molecule has 0 spiro atoms. The van der Waals surface area contributed by atoms with Gasteiger partial charge in [-0.15, -0.1) is 0 Å². The summed E-state index contributed by atoms with van der Waals surface area (Å²) in [5.41, 5.74) is 1.07. The van der Waals surface area contributed by atoms with Crippen molar-refractivity contribution in [1.82, 2.24) is 14.7 Å². The SMILES string of the molecule is CN1CCCCC1CCn1nc(C(=O)O)c2ccccc21. The smallest absolute Gasteiger partial charge is 0.357 e. The van der Waals surface area contributed by atoms with Crippen molar-refractivity contribution < 1.29 is 9.90 Å². The van der Waals surface area contributed by atoms with Gasteiger partial charge in [0, 0.05) is 18.0 Å². The highest BCUT2D eigenvalue weighted by atomic mass is 16.4. The average molecular weight is 287 g/mol. The number of hydrogen-bond acceptors (Lipinski definition) is 3. The first-order valence-electron chi connectivity index (χ1n) is 7.56. The maximum absolute atomic E-state index is 11.3. The van der Waals surface area contributed by atoms with Gasteiger partial charge >= 0.3 is 5.97 Å². The Hall–Kier alpha value is -1.88. The van der Waals surface area contributed by atoms with E-state index in [1.807, 2.05) is 28.9 Å². The van der Waals surface area contributed by atoms with Gasteiger partial charge in [0.05, 0.1) is 5.52 Å². The van der Waals surface area contributed by atoms with Crippen molar-refractivity contribution in [2.75, 3.05) is 13.6 Å². The fourth-order valence-corrected chi connectivity index (χ4v) is 3.24. The molecule has 1 aromatic heterocycles. The largest absolute Gasteiger partial charge is 0.476 e. The predicted molar refractivity (Wildman–Crippen MR) is 81.6 cm³/mol. The minimum absolute atomic E-state index is 0.155.